The number of hydrogen-bond donors (Lipinski definition) is 1. The van der Waals surface area contributed by atoms with Crippen LogP contribution in [0.15, 0.2) is 0 Å². The van der Waals surface area contributed by atoms with Gasteiger partial charge in [0, 0.05) is 12.5 Å². The second kappa shape index (κ2) is 3.48. The summed E-state index contributed by atoms with van der Waals surface area (Å²) >= 11 is 1.24. The van der Waals surface area contributed by atoms with Crippen LogP contribution in [0.5, 0.6) is 0 Å². The minimum absolute atomic E-state index is 0.0479. The fraction of sp³-hybridized carbons (Fsp3) is 0.600. The third-order valence-electron chi connectivity index (χ3n) is 3.42. The molecule has 2 heterocycles. The van der Waals surface area contributed by atoms with E-state index in [2.05, 4.69) is 17.1 Å². The number of aliphatic hydroxyl groups excluding tert-OH is 1. The SMILES string of the molecule is CN1C(=O)N(c2nnc(C3(C)CC3)s2)C(=O)C1O. The predicted molar refractivity (Wildman–Crippen MR) is 63.1 cm³/mol. The minimum Gasteiger partial charge on any atom is -0.365 e. The van der Waals surface area contributed by atoms with Crippen molar-refractivity contribution in [2.75, 3.05) is 11.9 Å². The molecular weight excluding hydrogens is 256 g/mol. The third-order valence-corrected chi connectivity index (χ3v) is 4.64. The monoisotopic (exact) mass is 268 g/mol. The van der Waals surface area contributed by atoms with E-state index in [1.54, 1.807) is 0 Å². The summed E-state index contributed by atoms with van der Waals surface area (Å²) in [6, 6.07) is -0.573. The number of urea groups is 1. The molecular formula is C10H12N4O3S. The smallest absolute Gasteiger partial charge is 0.335 e. The summed E-state index contributed by atoms with van der Waals surface area (Å²) in [6.07, 6.45) is 0.666. The summed E-state index contributed by atoms with van der Waals surface area (Å²) in [4.78, 5) is 25.4. The van der Waals surface area contributed by atoms with Crippen molar-refractivity contribution in [2.24, 2.45) is 0 Å². The Morgan fingerprint density at radius 1 is 1.39 bits per heavy atom. The molecule has 3 amide bonds. The highest BCUT2D eigenvalue weighted by molar-refractivity contribution is 7.15. The van der Waals surface area contributed by atoms with Gasteiger partial charge in [0.25, 0.3) is 5.91 Å². The largest absolute Gasteiger partial charge is 0.365 e. The Balaban J connectivity index is 1.93. The molecule has 1 saturated heterocycles. The van der Waals surface area contributed by atoms with Crippen LogP contribution in [0.3, 0.4) is 0 Å². The highest BCUT2D eigenvalue weighted by Gasteiger charge is 2.47. The van der Waals surface area contributed by atoms with E-state index in [0.29, 0.717) is 0 Å². The first kappa shape index (κ1) is 11.5. The number of aliphatic hydroxyl groups is 1. The van der Waals surface area contributed by atoms with Gasteiger partial charge in [-0.1, -0.05) is 18.3 Å². The summed E-state index contributed by atoms with van der Waals surface area (Å²) in [7, 11) is 1.37. The molecule has 1 aliphatic carbocycles. The fourth-order valence-corrected chi connectivity index (χ4v) is 2.81. The van der Waals surface area contributed by atoms with Crippen LogP contribution in [-0.2, 0) is 10.2 Å². The van der Waals surface area contributed by atoms with Crippen LogP contribution in [0.1, 0.15) is 24.8 Å². The lowest BCUT2D eigenvalue weighted by Crippen LogP contribution is -2.31. The van der Waals surface area contributed by atoms with Crippen LogP contribution >= 0.6 is 11.3 Å². The van der Waals surface area contributed by atoms with Crippen LogP contribution in [0.25, 0.3) is 0 Å². The Hall–Kier alpha value is -1.54. The van der Waals surface area contributed by atoms with E-state index < -0.39 is 18.2 Å². The molecule has 1 aliphatic heterocycles. The van der Waals surface area contributed by atoms with Gasteiger partial charge < -0.3 is 5.11 Å². The number of imide groups is 1. The maximum absolute atomic E-state index is 11.8. The quantitative estimate of drug-likeness (QED) is 0.780. The van der Waals surface area contributed by atoms with Gasteiger partial charge in [0.15, 0.2) is 0 Å². The minimum atomic E-state index is -1.43. The molecule has 1 N–H and O–H groups in total. The van der Waals surface area contributed by atoms with Crippen LogP contribution in [0, 0.1) is 0 Å². The number of carbonyl (C=O) groups is 2. The molecule has 0 aromatic carbocycles. The lowest BCUT2D eigenvalue weighted by Gasteiger charge is -2.09. The number of amides is 3. The van der Waals surface area contributed by atoms with Crippen molar-refractivity contribution in [2.45, 2.75) is 31.4 Å². The number of likely N-dealkylation sites (N-methyl/N-ethyl adjacent to an activating group) is 1. The maximum Gasteiger partial charge on any atom is 0.335 e. The summed E-state index contributed by atoms with van der Waals surface area (Å²) in [5.41, 5.74) is 0.0479. The maximum atomic E-state index is 11.8. The first-order valence-corrected chi connectivity index (χ1v) is 6.38. The number of anilines is 1. The van der Waals surface area contributed by atoms with Crippen molar-refractivity contribution in [1.29, 1.82) is 0 Å². The zero-order valence-corrected chi connectivity index (χ0v) is 10.8. The molecule has 1 atom stereocenters. The van der Waals surface area contributed by atoms with Crippen LogP contribution in [0.2, 0.25) is 0 Å². The van der Waals surface area contributed by atoms with Crippen molar-refractivity contribution in [3.8, 4) is 0 Å². The van der Waals surface area contributed by atoms with Gasteiger partial charge in [0.2, 0.25) is 11.4 Å². The zero-order valence-electron chi connectivity index (χ0n) is 9.95. The Morgan fingerprint density at radius 3 is 2.56 bits per heavy atom. The standard InChI is InChI=1S/C10H12N4O3S/c1-10(3-4-10)7-11-12-8(18-7)14-6(16)5(15)13(2)9(14)17/h5,15H,3-4H2,1-2H3. The van der Waals surface area contributed by atoms with E-state index >= 15 is 0 Å². The van der Waals surface area contributed by atoms with Crippen molar-refractivity contribution >= 4 is 28.4 Å². The summed E-state index contributed by atoms with van der Waals surface area (Å²) in [6.45, 7) is 2.08. The number of rotatable bonds is 2. The molecule has 96 valence electrons. The third kappa shape index (κ3) is 1.45. The van der Waals surface area contributed by atoms with Crippen molar-refractivity contribution in [1.82, 2.24) is 15.1 Å². The molecule has 1 aromatic heterocycles. The topological polar surface area (TPSA) is 86.6 Å². The van der Waals surface area contributed by atoms with Crippen molar-refractivity contribution < 1.29 is 14.7 Å². The molecule has 2 aliphatic rings. The lowest BCUT2D eigenvalue weighted by molar-refractivity contribution is -0.128. The molecule has 0 bridgehead atoms. The van der Waals surface area contributed by atoms with Crippen LogP contribution < -0.4 is 4.90 Å². The number of aromatic nitrogens is 2. The van der Waals surface area contributed by atoms with Gasteiger partial charge in [0.1, 0.15) is 5.01 Å². The first-order valence-electron chi connectivity index (χ1n) is 5.57. The number of carbonyl (C=O) groups excluding carboxylic acids is 2. The van der Waals surface area contributed by atoms with E-state index in [-0.39, 0.29) is 10.5 Å². The molecule has 3 rings (SSSR count). The Bertz CT molecular complexity index is 519. The van der Waals surface area contributed by atoms with Gasteiger partial charge in [-0.25, -0.2) is 9.69 Å². The first-order chi connectivity index (χ1) is 8.44. The van der Waals surface area contributed by atoms with Gasteiger partial charge in [-0.05, 0) is 12.8 Å². The molecule has 1 aromatic rings. The van der Waals surface area contributed by atoms with Crippen LogP contribution in [0.4, 0.5) is 9.93 Å². The highest BCUT2D eigenvalue weighted by Crippen LogP contribution is 2.49. The fourth-order valence-electron chi connectivity index (χ4n) is 1.76. The molecule has 8 heteroatoms. The van der Waals surface area contributed by atoms with Crippen molar-refractivity contribution in [3.05, 3.63) is 5.01 Å². The van der Waals surface area contributed by atoms with Crippen molar-refractivity contribution in [3.63, 3.8) is 0 Å². The van der Waals surface area contributed by atoms with Gasteiger partial charge in [-0.15, -0.1) is 10.2 Å². The lowest BCUT2D eigenvalue weighted by atomic mass is 10.2. The van der Waals surface area contributed by atoms with E-state index in [4.69, 9.17) is 0 Å². The Labute approximate surface area is 107 Å². The summed E-state index contributed by atoms with van der Waals surface area (Å²) in [5.74, 6) is -0.675. The Morgan fingerprint density at radius 2 is 2.06 bits per heavy atom. The van der Waals surface area contributed by atoms with E-state index in [9.17, 15) is 14.7 Å². The molecule has 0 radical (unpaired) electrons. The second-order valence-electron chi connectivity index (χ2n) is 4.89. The van der Waals surface area contributed by atoms with Gasteiger partial charge in [0.05, 0.1) is 0 Å². The summed E-state index contributed by atoms with van der Waals surface area (Å²) in [5, 5.41) is 18.5. The van der Waals surface area contributed by atoms with Gasteiger partial charge >= 0.3 is 6.03 Å². The Kier molecular flexibility index (Phi) is 2.23. The second-order valence-corrected chi connectivity index (χ2v) is 5.85. The molecule has 2 fully saturated rings. The predicted octanol–water partition coefficient (Wildman–Crippen LogP) is 0.306. The van der Waals surface area contributed by atoms with E-state index in [1.165, 1.54) is 18.4 Å². The average Bonchev–Trinajstić information content (AvgIpc) is 2.85. The molecule has 7 nitrogen and oxygen atoms in total. The molecule has 1 saturated carbocycles. The average molecular weight is 268 g/mol. The van der Waals surface area contributed by atoms with E-state index in [1.807, 2.05) is 0 Å². The van der Waals surface area contributed by atoms with Gasteiger partial charge in [-0.3, -0.25) is 9.69 Å². The normalized spacial score (nSPS) is 26.1. The number of hydrogen-bond acceptors (Lipinski definition) is 6. The zero-order chi connectivity index (χ0) is 13.1. The summed E-state index contributed by atoms with van der Waals surface area (Å²) < 4.78 is 0. The van der Waals surface area contributed by atoms with Crippen LogP contribution in [-0.4, -0.2) is 45.4 Å². The molecule has 18 heavy (non-hydrogen) atoms. The molecule has 1 unspecified atom stereocenters. The van der Waals surface area contributed by atoms with E-state index in [0.717, 1.165) is 27.6 Å². The van der Waals surface area contributed by atoms with Gasteiger partial charge in [-0.2, -0.15) is 0 Å². The number of nitrogens with zero attached hydrogens (tertiary/aromatic N) is 4. The highest BCUT2D eigenvalue weighted by atomic mass is 32.1. The molecule has 0 spiro atoms.